The Bertz CT molecular complexity index is 2820. The van der Waals surface area contributed by atoms with Crippen LogP contribution in [0, 0.1) is 0 Å². The molecule has 4 nitrogen and oxygen atoms in total. The number of hydrogen-bond acceptors (Lipinski definition) is 3. The fourth-order valence-corrected chi connectivity index (χ4v) is 7.34. The van der Waals surface area contributed by atoms with E-state index >= 15 is 0 Å². The summed E-state index contributed by atoms with van der Waals surface area (Å²) in [7, 11) is 0. The summed E-state index contributed by atoms with van der Waals surface area (Å²) in [6.07, 6.45) is 0. The van der Waals surface area contributed by atoms with Gasteiger partial charge in [-0.2, -0.15) is 4.98 Å². The van der Waals surface area contributed by atoms with Gasteiger partial charge in [0.15, 0.2) is 0 Å². The van der Waals surface area contributed by atoms with Crippen molar-refractivity contribution in [3.8, 4) is 16.8 Å². The van der Waals surface area contributed by atoms with Gasteiger partial charge < -0.3 is 8.98 Å². The molecule has 0 N–H and O–H groups in total. The molecule has 4 heteroatoms. The molecule has 10 rings (SSSR count). The van der Waals surface area contributed by atoms with Gasteiger partial charge in [0, 0.05) is 38.6 Å². The molecule has 0 atom stereocenters. The third kappa shape index (κ3) is 4.42. The summed E-state index contributed by atoms with van der Waals surface area (Å²) >= 11 is 0. The number of para-hydroxylation sites is 2. The number of furan rings is 1. The number of rotatable bonds is 5. The first-order chi connectivity index (χ1) is 24.3. The minimum atomic E-state index is 0.620. The summed E-state index contributed by atoms with van der Waals surface area (Å²) in [6, 6.07) is 62.0. The maximum Gasteiger partial charge on any atom is 0.229 e. The summed E-state index contributed by atoms with van der Waals surface area (Å²) < 4.78 is 8.80. The van der Waals surface area contributed by atoms with E-state index in [0.29, 0.717) is 5.71 Å². The minimum absolute atomic E-state index is 0.620. The van der Waals surface area contributed by atoms with E-state index in [1.807, 2.05) is 6.07 Å². The third-order valence-corrected chi connectivity index (χ3v) is 9.60. The second kappa shape index (κ2) is 11.0. The van der Waals surface area contributed by atoms with Crippen LogP contribution in [0.3, 0.4) is 0 Å². The van der Waals surface area contributed by atoms with Crippen molar-refractivity contribution in [1.29, 1.82) is 0 Å². The first-order valence-corrected chi connectivity index (χ1v) is 16.6. The largest absolute Gasteiger partial charge is 0.438 e. The van der Waals surface area contributed by atoms with E-state index in [0.717, 1.165) is 50.3 Å². The molecule has 0 spiro atoms. The van der Waals surface area contributed by atoms with Gasteiger partial charge in [-0.05, 0) is 82.6 Å². The monoisotopic (exact) mass is 627 g/mol. The Balaban J connectivity index is 1.20. The number of fused-ring (bicyclic) bond motifs is 8. The summed E-state index contributed by atoms with van der Waals surface area (Å²) in [6.45, 7) is 0. The number of hydrogen-bond donors (Lipinski definition) is 0. The lowest BCUT2D eigenvalue weighted by Crippen LogP contribution is -2.11. The van der Waals surface area contributed by atoms with Crippen molar-refractivity contribution >= 4 is 71.8 Å². The van der Waals surface area contributed by atoms with Crippen LogP contribution < -0.4 is 4.90 Å². The molecule has 0 amide bonds. The average molecular weight is 628 g/mol. The van der Waals surface area contributed by atoms with Crippen LogP contribution in [0.4, 0.5) is 17.2 Å². The van der Waals surface area contributed by atoms with Crippen LogP contribution in [0.15, 0.2) is 180 Å². The normalized spacial score (nSPS) is 11.7. The Morgan fingerprint density at radius 3 is 1.96 bits per heavy atom. The molecule has 7 aromatic carbocycles. The molecule has 0 fully saturated rings. The maximum atomic E-state index is 6.45. The lowest BCUT2D eigenvalue weighted by atomic mass is 10.0. The molecule has 0 bridgehead atoms. The third-order valence-electron chi connectivity index (χ3n) is 9.60. The molecular weight excluding hydrogens is 599 g/mol. The van der Waals surface area contributed by atoms with Gasteiger partial charge in [0.05, 0.1) is 11.0 Å². The van der Waals surface area contributed by atoms with Gasteiger partial charge in [0.25, 0.3) is 0 Å². The number of anilines is 3. The minimum Gasteiger partial charge on any atom is -0.438 e. The van der Waals surface area contributed by atoms with Crippen molar-refractivity contribution in [3.05, 3.63) is 176 Å². The molecule has 0 saturated heterocycles. The van der Waals surface area contributed by atoms with Crippen LogP contribution in [0.25, 0.3) is 71.5 Å². The zero-order valence-corrected chi connectivity index (χ0v) is 26.5. The first-order valence-electron chi connectivity index (χ1n) is 16.6. The number of benzene rings is 7. The second-order valence-electron chi connectivity index (χ2n) is 12.4. The molecule has 49 heavy (non-hydrogen) atoms. The SMILES string of the molecule is c1ccc(-c2ccc(N(c3ccc4c5ccccc5n(-c5ccccc5)c4c3)c3ccc4c(n3)oc3ccc5ccccc5c34)cc2)cc1. The van der Waals surface area contributed by atoms with E-state index in [-0.39, 0.29) is 0 Å². The van der Waals surface area contributed by atoms with Crippen molar-refractivity contribution in [3.63, 3.8) is 0 Å². The van der Waals surface area contributed by atoms with Gasteiger partial charge in [-0.15, -0.1) is 0 Å². The molecule has 0 aliphatic carbocycles. The van der Waals surface area contributed by atoms with Crippen molar-refractivity contribution < 1.29 is 4.42 Å². The van der Waals surface area contributed by atoms with Crippen molar-refractivity contribution in [2.75, 3.05) is 4.90 Å². The highest BCUT2D eigenvalue weighted by Gasteiger charge is 2.20. The molecule has 10 aromatic rings. The molecule has 0 unspecified atom stereocenters. The van der Waals surface area contributed by atoms with E-state index in [1.165, 1.54) is 32.6 Å². The Morgan fingerprint density at radius 1 is 0.469 bits per heavy atom. The van der Waals surface area contributed by atoms with Crippen LogP contribution in [0.5, 0.6) is 0 Å². The predicted octanol–water partition coefficient (Wildman–Crippen LogP) is 12.4. The fourth-order valence-electron chi connectivity index (χ4n) is 7.34. The van der Waals surface area contributed by atoms with Gasteiger partial charge in [-0.1, -0.05) is 115 Å². The standard InChI is InChI=1S/C45H29N3O/c1-3-11-30(12-4-1)31-19-22-34(23-20-31)47(43-28-26-39-44-36-16-8-7-13-32(36)21-27-42(44)49-45(39)46-43)35-24-25-38-37-17-9-10-18-40(37)48(41(38)29-35)33-14-5-2-6-15-33/h1-29H. The van der Waals surface area contributed by atoms with Gasteiger partial charge in [0.1, 0.15) is 11.4 Å². The van der Waals surface area contributed by atoms with Gasteiger partial charge >= 0.3 is 0 Å². The average Bonchev–Trinajstić information content (AvgIpc) is 3.71. The molecule has 230 valence electrons. The van der Waals surface area contributed by atoms with Crippen molar-refractivity contribution in [2.24, 2.45) is 0 Å². The van der Waals surface area contributed by atoms with E-state index in [4.69, 9.17) is 9.40 Å². The quantitative estimate of drug-likeness (QED) is 0.190. The Hall–Kier alpha value is -6.65. The maximum absolute atomic E-state index is 6.45. The molecule has 3 aromatic heterocycles. The van der Waals surface area contributed by atoms with Gasteiger partial charge in [-0.25, -0.2) is 0 Å². The van der Waals surface area contributed by atoms with Crippen LogP contribution in [-0.2, 0) is 0 Å². The molecule has 3 heterocycles. The molecular formula is C45H29N3O. The molecule has 0 aliphatic heterocycles. The lowest BCUT2D eigenvalue weighted by Gasteiger charge is -2.25. The smallest absolute Gasteiger partial charge is 0.229 e. The first kappa shape index (κ1) is 27.5. The second-order valence-corrected chi connectivity index (χ2v) is 12.4. The number of nitrogens with zero attached hydrogens (tertiary/aromatic N) is 3. The van der Waals surface area contributed by atoms with E-state index in [9.17, 15) is 0 Å². The predicted molar refractivity (Wildman–Crippen MR) is 203 cm³/mol. The van der Waals surface area contributed by atoms with Crippen LogP contribution >= 0.6 is 0 Å². The van der Waals surface area contributed by atoms with Crippen molar-refractivity contribution in [2.45, 2.75) is 0 Å². The zero-order valence-electron chi connectivity index (χ0n) is 26.5. The Morgan fingerprint density at radius 2 is 1.12 bits per heavy atom. The molecule has 0 aliphatic rings. The summed E-state index contributed by atoms with van der Waals surface area (Å²) in [4.78, 5) is 7.44. The fraction of sp³-hybridized carbons (Fsp3) is 0. The Labute approximate surface area is 282 Å². The zero-order chi connectivity index (χ0) is 32.3. The van der Waals surface area contributed by atoms with E-state index in [1.54, 1.807) is 0 Å². The summed E-state index contributed by atoms with van der Waals surface area (Å²) in [5, 5.41) is 6.88. The van der Waals surface area contributed by atoms with Gasteiger partial charge in [-0.3, -0.25) is 4.90 Å². The highest BCUT2D eigenvalue weighted by Crippen LogP contribution is 2.41. The summed E-state index contributed by atoms with van der Waals surface area (Å²) in [5.74, 6) is 0.782. The molecule has 0 radical (unpaired) electrons. The highest BCUT2D eigenvalue weighted by atomic mass is 16.3. The highest BCUT2D eigenvalue weighted by molar-refractivity contribution is 6.18. The van der Waals surface area contributed by atoms with Crippen molar-refractivity contribution in [1.82, 2.24) is 9.55 Å². The molecule has 0 saturated carbocycles. The van der Waals surface area contributed by atoms with E-state index < -0.39 is 0 Å². The summed E-state index contributed by atoms with van der Waals surface area (Å²) in [5.41, 5.74) is 9.25. The van der Waals surface area contributed by atoms with Crippen LogP contribution in [0.2, 0.25) is 0 Å². The van der Waals surface area contributed by atoms with E-state index in [2.05, 4.69) is 179 Å². The number of pyridine rings is 1. The lowest BCUT2D eigenvalue weighted by molar-refractivity contribution is 0.654. The topological polar surface area (TPSA) is 34.2 Å². The van der Waals surface area contributed by atoms with Crippen LogP contribution in [-0.4, -0.2) is 9.55 Å². The Kier molecular flexibility index (Phi) is 6.15. The van der Waals surface area contributed by atoms with Gasteiger partial charge in [0.2, 0.25) is 5.71 Å². The van der Waals surface area contributed by atoms with Crippen LogP contribution in [0.1, 0.15) is 0 Å². The number of aromatic nitrogens is 2.